The highest BCUT2D eigenvalue weighted by Crippen LogP contribution is 2.22. The van der Waals surface area contributed by atoms with Crippen LogP contribution >= 0.6 is 11.6 Å². The van der Waals surface area contributed by atoms with Gasteiger partial charge in [-0.05, 0) is 24.6 Å². The molecule has 5 nitrogen and oxygen atoms in total. The number of nitrogens with zero attached hydrogens (tertiary/aromatic N) is 1. The van der Waals surface area contributed by atoms with Crippen molar-refractivity contribution in [3.8, 4) is 0 Å². The van der Waals surface area contributed by atoms with E-state index < -0.39 is 10.0 Å². The lowest BCUT2D eigenvalue weighted by Gasteiger charge is -2.07. The van der Waals surface area contributed by atoms with Crippen LogP contribution < -0.4 is 4.72 Å². The van der Waals surface area contributed by atoms with Gasteiger partial charge in [0.2, 0.25) is 0 Å². The number of rotatable bonds is 4. The highest BCUT2D eigenvalue weighted by Gasteiger charge is 2.17. The average molecular weight is 300 g/mol. The van der Waals surface area contributed by atoms with Crippen LogP contribution in [-0.2, 0) is 16.4 Å². The number of sulfonamides is 1. The molecule has 0 amide bonds. The number of H-pyrrole nitrogens is 1. The molecule has 0 bridgehead atoms. The zero-order valence-corrected chi connectivity index (χ0v) is 12.1. The van der Waals surface area contributed by atoms with E-state index in [2.05, 4.69) is 14.7 Å². The summed E-state index contributed by atoms with van der Waals surface area (Å²) in [6, 6.07) is 4.99. The molecule has 1 heterocycles. The van der Waals surface area contributed by atoms with Crippen molar-refractivity contribution in [2.24, 2.45) is 0 Å². The Morgan fingerprint density at radius 3 is 2.74 bits per heavy atom. The van der Waals surface area contributed by atoms with E-state index in [0.29, 0.717) is 23.0 Å². The molecule has 0 aliphatic carbocycles. The van der Waals surface area contributed by atoms with Gasteiger partial charge in [0.15, 0.2) is 5.03 Å². The normalized spacial score (nSPS) is 11.5. The standard InChI is InChI=1S/C12H14ClN3O2S/c1-3-11-14-7-12(15-11)19(17,18)16-9-5-4-8(2)10(13)6-9/h4-7,16H,3H2,1-2H3,(H,14,15). The monoisotopic (exact) mass is 299 g/mol. The van der Waals surface area contributed by atoms with Crippen LogP contribution in [0, 0.1) is 6.92 Å². The summed E-state index contributed by atoms with van der Waals surface area (Å²) < 4.78 is 26.7. The number of aryl methyl sites for hydroxylation is 2. The first-order valence-corrected chi connectivity index (χ1v) is 7.61. The minimum absolute atomic E-state index is 0.0426. The first-order valence-electron chi connectivity index (χ1n) is 5.75. The summed E-state index contributed by atoms with van der Waals surface area (Å²) in [4.78, 5) is 6.73. The quantitative estimate of drug-likeness (QED) is 0.911. The van der Waals surface area contributed by atoms with Crippen molar-refractivity contribution in [1.82, 2.24) is 9.97 Å². The number of hydrogen-bond donors (Lipinski definition) is 2. The molecule has 0 saturated carbocycles. The van der Waals surface area contributed by atoms with Crippen LogP contribution in [0.3, 0.4) is 0 Å². The van der Waals surface area contributed by atoms with Gasteiger partial charge in [-0.1, -0.05) is 24.6 Å². The number of aromatic nitrogens is 2. The van der Waals surface area contributed by atoms with Crippen LogP contribution in [-0.4, -0.2) is 18.4 Å². The molecule has 1 aromatic heterocycles. The number of aromatic amines is 1. The highest BCUT2D eigenvalue weighted by atomic mass is 35.5. The smallest absolute Gasteiger partial charge is 0.278 e. The number of anilines is 1. The van der Waals surface area contributed by atoms with E-state index in [1.54, 1.807) is 18.2 Å². The van der Waals surface area contributed by atoms with E-state index in [1.807, 2.05) is 13.8 Å². The van der Waals surface area contributed by atoms with Crippen LogP contribution in [0.4, 0.5) is 5.69 Å². The maximum Gasteiger partial charge on any atom is 0.278 e. The van der Waals surface area contributed by atoms with E-state index in [-0.39, 0.29) is 5.03 Å². The van der Waals surface area contributed by atoms with Gasteiger partial charge in [-0.2, -0.15) is 8.42 Å². The zero-order chi connectivity index (χ0) is 14.0. The van der Waals surface area contributed by atoms with Crippen molar-refractivity contribution in [3.63, 3.8) is 0 Å². The fraction of sp³-hybridized carbons (Fsp3) is 0.250. The molecule has 0 aliphatic heterocycles. The predicted octanol–water partition coefficient (Wildman–Crippen LogP) is 2.73. The van der Waals surface area contributed by atoms with Gasteiger partial charge in [0, 0.05) is 11.4 Å². The van der Waals surface area contributed by atoms with Gasteiger partial charge < -0.3 is 4.98 Å². The summed E-state index contributed by atoms with van der Waals surface area (Å²) in [5.74, 6) is 0.627. The summed E-state index contributed by atoms with van der Waals surface area (Å²) in [7, 11) is -3.66. The minimum atomic E-state index is -3.66. The first kappa shape index (κ1) is 13.9. The van der Waals surface area contributed by atoms with Crippen molar-refractivity contribution < 1.29 is 8.42 Å². The summed E-state index contributed by atoms with van der Waals surface area (Å²) in [6.07, 6.45) is 1.95. The largest absolute Gasteiger partial charge is 0.332 e. The van der Waals surface area contributed by atoms with Gasteiger partial charge >= 0.3 is 0 Å². The maximum absolute atomic E-state index is 12.1. The average Bonchev–Trinajstić information content (AvgIpc) is 2.83. The van der Waals surface area contributed by atoms with Crippen molar-refractivity contribution in [3.05, 3.63) is 40.8 Å². The number of halogens is 1. The number of hydrogen-bond acceptors (Lipinski definition) is 3. The molecule has 0 spiro atoms. The molecule has 0 unspecified atom stereocenters. The zero-order valence-electron chi connectivity index (χ0n) is 10.6. The molecule has 102 valence electrons. The number of imidazole rings is 1. The maximum atomic E-state index is 12.1. The molecule has 0 saturated heterocycles. The third-order valence-corrected chi connectivity index (χ3v) is 4.35. The van der Waals surface area contributed by atoms with Crippen LogP contribution in [0.2, 0.25) is 5.02 Å². The van der Waals surface area contributed by atoms with Crippen molar-refractivity contribution in [1.29, 1.82) is 0 Å². The van der Waals surface area contributed by atoms with Gasteiger partial charge in [-0.25, -0.2) is 4.98 Å². The molecule has 0 aliphatic rings. The molecular formula is C12H14ClN3O2S. The Morgan fingerprint density at radius 2 is 2.16 bits per heavy atom. The van der Waals surface area contributed by atoms with E-state index >= 15 is 0 Å². The van der Waals surface area contributed by atoms with Crippen LogP contribution in [0.1, 0.15) is 18.3 Å². The Bertz CT molecular complexity index is 695. The van der Waals surface area contributed by atoms with Crippen molar-refractivity contribution >= 4 is 27.3 Å². The molecule has 2 rings (SSSR count). The molecule has 7 heteroatoms. The van der Waals surface area contributed by atoms with Gasteiger partial charge in [-0.15, -0.1) is 0 Å². The Hall–Kier alpha value is -1.53. The second-order valence-corrected chi connectivity index (χ2v) is 6.18. The first-order chi connectivity index (χ1) is 8.92. The fourth-order valence-corrected chi connectivity index (χ4v) is 2.70. The minimum Gasteiger partial charge on any atom is -0.332 e. The third-order valence-electron chi connectivity index (χ3n) is 2.65. The van der Waals surface area contributed by atoms with Gasteiger partial charge in [-0.3, -0.25) is 4.72 Å². The second-order valence-electron chi connectivity index (χ2n) is 4.12. The Balaban J connectivity index is 2.28. The van der Waals surface area contributed by atoms with E-state index in [1.165, 1.54) is 6.20 Å². The molecule has 19 heavy (non-hydrogen) atoms. The lowest BCUT2D eigenvalue weighted by molar-refractivity contribution is 0.598. The van der Waals surface area contributed by atoms with Gasteiger partial charge in [0.05, 0.1) is 11.9 Å². The lowest BCUT2D eigenvalue weighted by atomic mass is 10.2. The molecule has 1 aromatic carbocycles. The summed E-state index contributed by atoms with van der Waals surface area (Å²) in [5.41, 5.74) is 1.31. The van der Waals surface area contributed by atoms with Crippen LogP contribution in [0.15, 0.2) is 29.4 Å². The van der Waals surface area contributed by atoms with Crippen LogP contribution in [0.5, 0.6) is 0 Å². The Kier molecular flexibility index (Phi) is 3.82. The fourth-order valence-electron chi connectivity index (χ4n) is 1.53. The Labute approximate surface area is 117 Å². The molecule has 2 aromatic rings. The van der Waals surface area contributed by atoms with Crippen molar-refractivity contribution in [2.45, 2.75) is 25.3 Å². The van der Waals surface area contributed by atoms with E-state index in [0.717, 1.165) is 5.56 Å². The topological polar surface area (TPSA) is 74.8 Å². The molecule has 0 radical (unpaired) electrons. The molecule has 0 atom stereocenters. The molecule has 0 fully saturated rings. The molecular weight excluding hydrogens is 286 g/mol. The SMILES string of the molecule is CCc1ncc(S(=O)(=O)Nc2ccc(C)c(Cl)c2)[nH]1. The summed E-state index contributed by atoms with van der Waals surface area (Å²) in [5, 5.41) is 0.556. The highest BCUT2D eigenvalue weighted by molar-refractivity contribution is 7.92. The summed E-state index contributed by atoms with van der Waals surface area (Å²) in [6.45, 7) is 3.74. The second kappa shape index (κ2) is 5.22. The van der Waals surface area contributed by atoms with Gasteiger partial charge in [0.1, 0.15) is 5.82 Å². The third kappa shape index (κ3) is 3.08. The van der Waals surface area contributed by atoms with E-state index in [9.17, 15) is 8.42 Å². The summed E-state index contributed by atoms with van der Waals surface area (Å²) >= 11 is 5.96. The number of benzene rings is 1. The Morgan fingerprint density at radius 1 is 1.42 bits per heavy atom. The molecule has 2 N–H and O–H groups in total. The lowest BCUT2D eigenvalue weighted by Crippen LogP contribution is -2.13. The van der Waals surface area contributed by atoms with Gasteiger partial charge in [0.25, 0.3) is 10.0 Å². The van der Waals surface area contributed by atoms with E-state index in [4.69, 9.17) is 11.6 Å². The van der Waals surface area contributed by atoms with Crippen LogP contribution in [0.25, 0.3) is 0 Å². The van der Waals surface area contributed by atoms with Crippen molar-refractivity contribution in [2.75, 3.05) is 4.72 Å². The number of nitrogens with one attached hydrogen (secondary N) is 2. The predicted molar refractivity (Wildman–Crippen MR) is 75.0 cm³/mol.